The van der Waals surface area contributed by atoms with Gasteiger partial charge in [-0.15, -0.1) is 0 Å². The van der Waals surface area contributed by atoms with E-state index in [1.54, 1.807) is 0 Å². The van der Waals surface area contributed by atoms with Crippen LogP contribution in [0.25, 0.3) is 11.3 Å². The Balaban J connectivity index is 1.94. The summed E-state index contributed by atoms with van der Waals surface area (Å²) in [5.41, 5.74) is 4.97. The lowest BCUT2D eigenvalue weighted by atomic mass is 9.77. The maximum atomic E-state index is 6.14. The highest BCUT2D eigenvalue weighted by atomic mass is 16.7. The molecule has 0 amide bonds. The minimum absolute atomic E-state index is 0.318. The van der Waals surface area contributed by atoms with Gasteiger partial charge in [-0.3, -0.25) is 4.98 Å². The fourth-order valence-electron chi connectivity index (χ4n) is 2.85. The first-order valence-electron chi connectivity index (χ1n) is 8.09. The van der Waals surface area contributed by atoms with Gasteiger partial charge in [-0.1, -0.05) is 24.3 Å². The molecule has 1 aromatic heterocycles. The zero-order valence-corrected chi connectivity index (χ0v) is 14.8. The van der Waals surface area contributed by atoms with Gasteiger partial charge in [-0.2, -0.15) is 0 Å². The first kappa shape index (κ1) is 16.2. The molecule has 0 spiro atoms. The summed E-state index contributed by atoms with van der Waals surface area (Å²) >= 11 is 0. The average molecular weight is 309 g/mol. The molecule has 23 heavy (non-hydrogen) atoms. The summed E-state index contributed by atoms with van der Waals surface area (Å²) in [6.07, 6.45) is 1.84. The molecule has 2 aromatic rings. The monoisotopic (exact) mass is 309 g/mol. The van der Waals surface area contributed by atoms with Crippen molar-refractivity contribution in [3.63, 3.8) is 0 Å². The predicted molar refractivity (Wildman–Crippen MR) is 94.9 cm³/mol. The van der Waals surface area contributed by atoms with Gasteiger partial charge in [0.15, 0.2) is 0 Å². The highest BCUT2D eigenvalue weighted by Crippen LogP contribution is 2.36. The van der Waals surface area contributed by atoms with Crippen LogP contribution in [0.4, 0.5) is 0 Å². The van der Waals surface area contributed by atoms with Crippen LogP contribution >= 0.6 is 0 Å². The Labute approximate surface area is 139 Å². The number of rotatable bonds is 2. The third-order valence-corrected chi connectivity index (χ3v) is 5.04. The third-order valence-electron chi connectivity index (χ3n) is 5.04. The maximum Gasteiger partial charge on any atom is 0.494 e. The van der Waals surface area contributed by atoms with E-state index in [2.05, 4.69) is 70.8 Å². The Hall–Kier alpha value is -1.65. The number of nitrogens with zero attached hydrogens (tertiary/aromatic N) is 1. The number of pyridine rings is 1. The third kappa shape index (κ3) is 2.82. The molecule has 1 aliphatic heterocycles. The molecule has 1 fully saturated rings. The van der Waals surface area contributed by atoms with Crippen molar-refractivity contribution in [3.05, 3.63) is 47.7 Å². The van der Waals surface area contributed by atoms with Gasteiger partial charge in [0.05, 0.1) is 16.9 Å². The molecule has 0 aliphatic carbocycles. The summed E-state index contributed by atoms with van der Waals surface area (Å²) in [5.74, 6) is 0. The number of benzene rings is 1. The van der Waals surface area contributed by atoms with E-state index in [0.29, 0.717) is 0 Å². The minimum atomic E-state index is -0.322. The van der Waals surface area contributed by atoms with Gasteiger partial charge in [0.2, 0.25) is 0 Å². The standard InChI is InChI=1S/C19H24BNO2/c1-13-8-7-11-21-17(13)16-10-9-15(12-14(16)2)20-22-18(3,4)19(5,6)23-20/h7-12H,1-6H3. The molecule has 4 heteroatoms. The van der Waals surface area contributed by atoms with Gasteiger partial charge in [-0.05, 0) is 64.2 Å². The Kier molecular flexibility index (Phi) is 3.85. The summed E-state index contributed by atoms with van der Waals surface area (Å²) in [5, 5.41) is 0. The van der Waals surface area contributed by atoms with E-state index in [9.17, 15) is 0 Å². The van der Waals surface area contributed by atoms with E-state index in [-0.39, 0.29) is 18.3 Å². The minimum Gasteiger partial charge on any atom is -0.399 e. The van der Waals surface area contributed by atoms with E-state index in [1.165, 1.54) is 11.1 Å². The lowest BCUT2D eigenvalue weighted by Crippen LogP contribution is -2.41. The molecule has 1 aromatic carbocycles. The van der Waals surface area contributed by atoms with Crippen molar-refractivity contribution in [1.29, 1.82) is 0 Å². The molecule has 120 valence electrons. The molecule has 3 nitrogen and oxygen atoms in total. The highest BCUT2D eigenvalue weighted by Gasteiger charge is 2.51. The molecule has 1 aliphatic rings. The van der Waals surface area contributed by atoms with E-state index < -0.39 is 0 Å². The second-order valence-electron chi connectivity index (χ2n) is 7.33. The molecule has 0 saturated carbocycles. The molecular weight excluding hydrogens is 285 g/mol. The van der Waals surface area contributed by atoms with Gasteiger partial charge in [0, 0.05) is 11.8 Å². The largest absolute Gasteiger partial charge is 0.494 e. The van der Waals surface area contributed by atoms with Crippen LogP contribution in [-0.4, -0.2) is 23.3 Å². The fraction of sp³-hybridized carbons (Fsp3) is 0.421. The number of hydrogen-bond acceptors (Lipinski definition) is 3. The Bertz CT molecular complexity index is 724. The van der Waals surface area contributed by atoms with E-state index in [1.807, 2.05) is 12.3 Å². The molecule has 0 unspecified atom stereocenters. The topological polar surface area (TPSA) is 31.4 Å². The lowest BCUT2D eigenvalue weighted by molar-refractivity contribution is 0.00578. The highest BCUT2D eigenvalue weighted by molar-refractivity contribution is 6.62. The summed E-state index contributed by atoms with van der Waals surface area (Å²) in [7, 11) is -0.322. The van der Waals surface area contributed by atoms with Crippen LogP contribution < -0.4 is 5.46 Å². The zero-order valence-electron chi connectivity index (χ0n) is 14.8. The summed E-state index contributed by atoms with van der Waals surface area (Å²) in [6.45, 7) is 12.5. The Morgan fingerprint density at radius 2 is 1.57 bits per heavy atom. The van der Waals surface area contributed by atoms with Crippen LogP contribution in [0.15, 0.2) is 36.5 Å². The number of hydrogen-bond donors (Lipinski definition) is 0. The van der Waals surface area contributed by atoms with Gasteiger partial charge in [-0.25, -0.2) is 0 Å². The lowest BCUT2D eigenvalue weighted by Gasteiger charge is -2.32. The van der Waals surface area contributed by atoms with Crippen molar-refractivity contribution in [1.82, 2.24) is 4.98 Å². The van der Waals surface area contributed by atoms with Crippen molar-refractivity contribution in [3.8, 4) is 11.3 Å². The molecule has 0 radical (unpaired) electrons. The van der Waals surface area contributed by atoms with Gasteiger partial charge in [0.25, 0.3) is 0 Å². The normalized spacial score (nSPS) is 19.1. The first-order chi connectivity index (χ1) is 10.7. The molecule has 3 rings (SSSR count). The van der Waals surface area contributed by atoms with Gasteiger partial charge >= 0.3 is 7.12 Å². The zero-order chi connectivity index (χ0) is 16.8. The van der Waals surface area contributed by atoms with Crippen molar-refractivity contribution < 1.29 is 9.31 Å². The molecule has 2 heterocycles. The summed E-state index contributed by atoms with van der Waals surface area (Å²) < 4.78 is 12.3. The molecule has 1 saturated heterocycles. The van der Waals surface area contributed by atoms with Crippen LogP contribution in [-0.2, 0) is 9.31 Å². The van der Waals surface area contributed by atoms with Crippen LogP contribution in [0.5, 0.6) is 0 Å². The van der Waals surface area contributed by atoms with Crippen LogP contribution in [0.1, 0.15) is 38.8 Å². The second-order valence-corrected chi connectivity index (χ2v) is 7.33. The van der Waals surface area contributed by atoms with E-state index in [0.717, 1.165) is 16.7 Å². The van der Waals surface area contributed by atoms with Crippen LogP contribution in [0, 0.1) is 13.8 Å². The van der Waals surface area contributed by atoms with E-state index >= 15 is 0 Å². The molecule has 0 atom stereocenters. The van der Waals surface area contributed by atoms with Gasteiger partial charge in [0.1, 0.15) is 0 Å². The van der Waals surface area contributed by atoms with Crippen molar-refractivity contribution in [2.75, 3.05) is 0 Å². The number of aromatic nitrogens is 1. The molecule has 0 bridgehead atoms. The van der Waals surface area contributed by atoms with Gasteiger partial charge < -0.3 is 9.31 Å². The van der Waals surface area contributed by atoms with Crippen molar-refractivity contribution in [2.45, 2.75) is 52.7 Å². The predicted octanol–water partition coefficient (Wildman–Crippen LogP) is 3.66. The Morgan fingerprint density at radius 1 is 0.913 bits per heavy atom. The maximum absolute atomic E-state index is 6.14. The van der Waals surface area contributed by atoms with Crippen LogP contribution in [0.3, 0.4) is 0 Å². The number of aryl methyl sites for hydroxylation is 2. The molecule has 0 N–H and O–H groups in total. The molecular formula is C19H24BNO2. The van der Waals surface area contributed by atoms with Crippen LogP contribution in [0.2, 0.25) is 0 Å². The SMILES string of the molecule is Cc1cc(B2OC(C)(C)C(C)(C)O2)ccc1-c1ncccc1C. The fourth-order valence-corrected chi connectivity index (χ4v) is 2.85. The first-order valence-corrected chi connectivity index (χ1v) is 8.09. The summed E-state index contributed by atoms with van der Waals surface area (Å²) in [4.78, 5) is 4.52. The average Bonchev–Trinajstić information content (AvgIpc) is 2.68. The second kappa shape index (κ2) is 5.46. The Morgan fingerprint density at radius 3 is 2.13 bits per heavy atom. The van der Waals surface area contributed by atoms with Crippen molar-refractivity contribution in [2.24, 2.45) is 0 Å². The van der Waals surface area contributed by atoms with Crippen molar-refractivity contribution >= 4 is 12.6 Å². The van der Waals surface area contributed by atoms with E-state index in [4.69, 9.17) is 9.31 Å². The summed E-state index contributed by atoms with van der Waals surface area (Å²) in [6, 6.07) is 10.4. The quantitative estimate of drug-likeness (QED) is 0.793. The smallest absolute Gasteiger partial charge is 0.399 e.